The second-order valence-electron chi connectivity index (χ2n) is 5.60. The summed E-state index contributed by atoms with van der Waals surface area (Å²) in [6, 6.07) is 0.823. The lowest BCUT2D eigenvalue weighted by atomic mass is 10.1. The lowest BCUT2D eigenvalue weighted by molar-refractivity contribution is -0.123. The van der Waals surface area contributed by atoms with Gasteiger partial charge in [0.1, 0.15) is 0 Å². The molecule has 1 saturated heterocycles. The Morgan fingerprint density at radius 2 is 2.20 bits per heavy atom. The molecule has 0 saturated carbocycles. The smallest absolute Gasteiger partial charge is 0.234 e. The molecule has 0 aromatic heterocycles. The molecule has 1 atom stereocenters. The minimum absolute atomic E-state index is 0.132. The lowest BCUT2D eigenvalue weighted by Gasteiger charge is -2.26. The van der Waals surface area contributed by atoms with Crippen molar-refractivity contribution in [1.82, 2.24) is 15.5 Å². The number of hydrogen-bond donors (Lipinski definition) is 2. The van der Waals surface area contributed by atoms with E-state index in [0.29, 0.717) is 25.2 Å². The van der Waals surface area contributed by atoms with E-state index in [1.165, 1.54) is 12.8 Å². The van der Waals surface area contributed by atoms with Crippen molar-refractivity contribution in [3.05, 3.63) is 0 Å². The van der Waals surface area contributed by atoms with Gasteiger partial charge in [-0.1, -0.05) is 13.8 Å². The molecule has 1 heterocycles. The van der Waals surface area contributed by atoms with Crippen molar-refractivity contribution in [2.45, 2.75) is 51.6 Å². The van der Waals surface area contributed by atoms with E-state index in [2.05, 4.69) is 29.4 Å². The van der Waals surface area contributed by atoms with Crippen molar-refractivity contribution in [3.8, 4) is 0 Å². The Morgan fingerprint density at radius 1 is 1.45 bits per heavy atom. The molecular weight excluding hydrogens is 254 g/mol. The van der Waals surface area contributed by atoms with E-state index in [9.17, 15) is 4.79 Å². The molecule has 5 nitrogen and oxygen atoms in total. The fraction of sp³-hybridized carbons (Fsp3) is 0.933. The van der Waals surface area contributed by atoms with Crippen LogP contribution in [-0.4, -0.2) is 62.8 Å². The zero-order valence-corrected chi connectivity index (χ0v) is 13.3. The van der Waals surface area contributed by atoms with Crippen LogP contribution in [0.4, 0.5) is 0 Å². The molecule has 0 bridgehead atoms. The van der Waals surface area contributed by atoms with Crippen molar-refractivity contribution in [2.24, 2.45) is 0 Å². The normalized spacial score (nSPS) is 18.9. The fourth-order valence-corrected chi connectivity index (χ4v) is 2.65. The zero-order valence-electron chi connectivity index (χ0n) is 13.3. The van der Waals surface area contributed by atoms with E-state index in [1.54, 1.807) is 7.11 Å². The third-order valence-electron chi connectivity index (χ3n) is 3.97. The van der Waals surface area contributed by atoms with E-state index < -0.39 is 0 Å². The van der Waals surface area contributed by atoms with Crippen molar-refractivity contribution in [1.29, 1.82) is 0 Å². The molecule has 1 amide bonds. The first-order valence-corrected chi connectivity index (χ1v) is 7.93. The predicted molar refractivity (Wildman–Crippen MR) is 81.9 cm³/mol. The number of methoxy groups -OCH3 is 1. The number of rotatable bonds is 10. The van der Waals surface area contributed by atoms with E-state index in [1.807, 2.05) is 0 Å². The van der Waals surface area contributed by atoms with E-state index in [0.717, 1.165) is 32.5 Å². The molecule has 0 radical (unpaired) electrons. The highest BCUT2D eigenvalue weighted by atomic mass is 16.5. The Balaban J connectivity index is 2.39. The first-order chi connectivity index (χ1) is 9.69. The number of carbonyl (C=O) groups excluding carboxylic acids is 1. The maximum atomic E-state index is 12.1. The largest absolute Gasteiger partial charge is 0.383 e. The molecule has 2 N–H and O–H groups in total. The standard InChI is InChI=1S/C15H31N3O2/c1-4-13(5-2)17-15(19)12-18(9-10-20-3)11-14-7-6-8-16-14/h13-14,16H,4-12H2,1-3H3,(H,17,19). The maximum absolute atomic E-state index is 12.1. The maximum Gasteiger partial charge on any atom is 0.234 e. The number of hydrogen-bond acceptors (Lipinski definition) is 4. The number of nitrogens with one attached hydrogen (secondary N) is 2. The fourth-order valence-electron chi connectivity index (χ4n) is 2.65. The van der Waals surface area contributed by atoms with Crippen LogP contribution in [0.5, 0.6) is 0 Å². The third-order valence-corrected chi connectivity index (χ3v) is 3.97. The molecular formula is C15H31N3O2. The minimum Gasteiger partial charge on any atom is -0.383 e. The average Bonchev–Trinajstić information content (AvgIpc) is 2.95. The molecule has 118 valence electrons. The summed E-state index contributed by atoms with van der Waals surface area (Å²) < 4.78 is 5.15. The Bertz CT molecular complexity index is 264. The summed E-state index contributed by atoms with van der Waals surface area (Å²) >= 11 is 0. The summed E-state index contributed by atoms with van der Waals surface area (Å²) in [5, 5.41) is 6.59. The summed E-state index contributed by atoms with van der Waals surface area (Å²) in [6.07, 6.45) is 4.43. The predicted octanol–water partition coefficient (Wildman–Crippen LogP) is 0.992. The minimum atomic E-state index is 0.132. The second kappa shape index (κ2) is 10.1. The van der Waals surface area contributed by atoms with Crippen LogP contribution < -0.4 is 10.6 Å². The van der Waals surface area contributed by atoms with E-state index in [4.69, 9.17) is 4.74 Å². The number of carbonyl (C=O) groups is 1. The molecule has 1 rings (SSSR count). The van der Waals surface area contributed by atoms with Crippen molar-refractivity contribution < 1.29 is 9.53 Å². The molecule has 1 unspecified atom stereocenters. The average molecular weight is 285 g/mol. The summed E-state index contributed by atoms with van der Waals surface area (Å²) in [6.45, 7) is 8.20. The molecule has 0 aromatic rings. The van der Waals surface area contributed by atoms with Crippen molar-refractivity contribution in [3.63, 3.8) is 0 Å². The highest BCUT2D eigenvalue weighted by Gasteiger charge is 2.20. The van der Waals surface area contributed by atoms with Crippen molar-refractivity contribution >= 4 is 5.91 Å². The van der Waals surface area contributed by atoms with Crippen LogP contribution in [-0.2, 0) is 9.53 Å². The third kappa shape index (κ3) is 6.68. The van der Waals surface area contributed by atoms with Gasteiger partial charge in [0, 0.05) is 32.3 Å². The van der Waals surface area contributed by atoms with Crippen LogP contribution in [0, 0.1) is 0 Å². The van der Waals surface area contributed by atoms with Crippen LogP contribution in [0.3, 0.4) is 0 Å². The summed E-state index contributed by atoms with van der Waals surface area (Å²) in [4.78, 5) is 14.3. The molecule has 1 aliphatic rings. The monoisotopic (exact) mass is 285 g/mol. The molecule has 0 aromatic carbocycles. The SMILES string of the molecule is CCC(CC)NC(=O)CN(CCOC)CC1CCCN1. The molecule has 1 aliphatic heterocycles. The Morgan fingerprint density at radius 3 is 2.75 bits per heavy atom. The van der Waals surface area contributed by atoms with Crippen molar-refractivity contribution in [2.75, 3.05) is 39.9 Å². The van der Waals surface area contributed by atoms with Gasteiger partial charge in [0.2, 0.25) is 5.91 Å². The number of ether oxygens (including phenoxy) is 1. The van der Waals surface area contributed by atoms with Gasteiger partial charge in [0.25, 0.3) is 0 Å². The van der Waals surface area contributed by atoms with Gasteiger partial charge in [0.05, 0.1) is 13.2 Å². The van der Waals surface area contributed by atoms with E-state index >= 15 is 0 Å². The van der Waals surface area contributed by atoms with Gasteiger partial charge < -0.3 is 15.4 Å². The molecule has 0 aliphatic carbocycles. The molecule has 5 heteroatoms. The van der Waals surface area contributed by atoms with Gasteiger partial charge in [-0.3, -0.25) is 9.69 Å². The van der Waals surface area contributed by atoms with Gasteiger partial charge in [-0.25, -0.2) is 0 Å². The van der Waals surface area contributed by atoms with Crippen LogP contribution in [0.1, 0.15) is 39.5 Å². The van der Waals surface area contributed by atoms with Gasteiger partial charge >= 0.3 is 0 Å². The molecule has 0 spiro atoms. The topological polar surface area (TPSA) is 53.6 Å². The van der Waals surface area contributed by atoms with Crippen LogP contribution in [0.2, 0.25) is 0 Å². The quantitative estimate of drug-likeness (QED) is 0.628. The summed E-state index contributed by atoms with van der Waals surface area (Å²) in [7, 11) is 1.70. The zero-order chi connectivity index (χ0) is 14.8. The summed E-state index contributed by atoms with van der Waals surface area (Å²) in [5.74, 6) is 0.132. The van der Waals surface area contributed by atoms with Crippen LogP contribution in [0.25, 0.3) is 0 Å². The van der Waals surface area contributed by atoms with Crippen LogP contribution >= 0.6 is 0 Å². The number of nitrogens with zero attached hydrogens (tertiary/aromatic N) is 1. The van der Waals surface area contributed by atoms with Gasteiger partial charge in [-0.15, -0.1) is 0 Å². The van der Waals surface area contributed by atoms with Gasteiger partial charge in [-0.05, 0) is 32.2 Å². The number of amides is 1. The van der Waals surface area contributed by atoms with E-state index in [-0.39, 0.29) is 5.91 Å². The van der Waals surface area contributed by atoms with Crippen LogP contribution in [0.15, 0.2) is 0 Å². The second-order valence-corrected chi connectivity index (χ2v) is 5.60. The lowest BCUT2D eigenvalue weighted by Crippen LogP contribution is -2.46. The first kappa shape index (κ1) is 17.4. The first-order valence-electron chi connectivity index (χ1n) is 7.93. The Labute approximate surface area is 123 Å². The highest BCUT2D eigenvalue weighted by molar-refractivity contribution is 5.78. The van der Waals surface area contributed by atoms with Gasteiger partial charge in [-0.2, -0.15) is 0 Å². The highest BCUT2D eigenvalue weighted by Crippen LogP contribution is 2.07. The Kier molecular flexibility index (Phi) is 8.82. The molecule has 20 heavy (non-hydrogen) atoms. The Hall–Kier alpha value is -0.650. The molecule has 1 fully saturated rings. The summed E-state index contributed by atoms with van der Waals surface area (Å²) in [5.41, 5.74) is 0. The van der Waals surface area contributed by atoms with Gasteiger partial charge in [0.15, 0.2) is 0 Å².